The molecule has 0 radical (unpaired) electrons. The van der Waals surface area contributed by atoms with Crippen LogP contribution in [0.5, 0.6) is 0 Å². The van der Waals surface area contributed by atoms with Crippen molar-refractivity contribution < 1.29 is 17.6 Å². The Bertz CT molecular complexity index is 1120. The number of carbonyl (C=O) groups excluding carboxylic acids is 1. The molecule has 7 heteroatoms. The molecular weight excluding hydrogens is 439 g/mol. The molecule has 0 saturated carbocycles. The summed E-state index contributed by atoms with van der Waals surface area (Å²) in [6, 6.07) is 10.6. The quantitative estimate of drug-likeness (QED) is 0.553. The van der Waals surface area contributed by atoms with E-state index in [1.54, 1.807) is 13.0 Å². The summed E-state index contributed by atoms with van der Waals surface area (Å²) in [7, 11) is -3.57. The van der Waals surface area contributed by atoms with Crippen molar-refractivity contribution in [3.05, 3.63) is 58.9 Å². The lowest BCUT2D eigenvalue weighted by Gasteiger charge is -2.39. The zero-order valence-corrected chi connectivity index (χ0v) is 21.1. The molecule has 1 saturated heterocycles. The Morgan fingerprint density at radius 3 is 2.42 bits per heavy atom. The molecule has 1 heterocycles. The minimum atomic E-state index is -3.57. The normalized spacial score (nSPS) is 17.0. The minimum Gasteiger partial charge on any atom is -0.371 e. The Morgan fingerprint density at radius 1 is 1.15 bits per heavy atom. The molecule has 0 bridgehead atoms. The van der Waals surface area contributed by atoms with Crippen LogP contribution >= 0.6 is 0 Å². The fourth-order valence-corrected chi connectivity index (χ4v) is 4.84. The van der Waals surface area contributed by atoms with Crippen LogP contribution in [0.25, 0.3) is 0 Å². The van der Waals surface area contributed by atoms with Crippen molar-refractivity contribution in [1.82, 2.24) is 0 Å². The number of rotatable bonds is 8. The number of piperidine rings is 1. The average Bonchev–Trinajstić information content (AvgIpc) is 2.72. The van der Waals surface area contributed by atoms with Gasteiger partial charge in [0.2, 0.25) is 10.0 Å². The summed E-state index contributed by atoms with van der Waals surface area (Å²) in [6.07, 6.45) is 4.26. The highest BCUT2D eigenvalue weighted by Crippen LogP contribution is 2.34. The minimum absolute atomic E-state index is 0.0320. The maximum absolute atomic E-state index is 14.4. The molecule has 0 amide bonds. The van der Waals surface area contributed by atoms with E-state index in [0.717, 1.165) is 32.2 Å². The van der Waals surface area contributed by atoms with E-state index < -0.39 is 21.8 Å². The highest BCUT2D eigenvalue weighted by Gasteiger charge is 2.27. The van der Waals surface area contributed by atoms with Crippen molar-refractivity contribution in [2.45, 2.75) is 59.3 Å². The second kappa shape index (κ2) is 9.84. The van der Waals surface area contributed by atoms with Crippen molar-refractivity contribution >= 4 is 27.2 Å². The highest BCUT2D eigenvalue weighted by atomic mass is 32.2. The van der Waals surface area contributed by atoms with E-state index in [9.17, 15) is 17.6 Å². The zero-order chi connectivity index (χ0) is 24.4. The van der Waals surface area contributed by atoms with E-state index >= 15 is 0 Å². The van der Waals surface area contributed by atoms with Crippen LogP contribution in [0.1, 0.15) is 62.6 Å². The molecule has 1 N–H and O–H groups in total. The first-order valence-corrected chi connectivity index (χ1v) is 13.4. The van der Waals surface area contributed by atoms with Gasteiger partial charge in [-0.25, -0.2) is 12.8 Å². The summed E-state index contributed by atoms with van der Waals surface area (Å²) in [5, 5.41) is 0. The van der Waals surface area contributed by atoms with Gasteiger partial charge >= 0.3 is 0 Å². The van der Waals surface area contributed by atoms with Crippen LogP contribution in [-0.4, -0.2) is 33.5 Å². The van der Waals surface area contributed by atoms with Gasteiger partial charge in [0.05, 0.1) is 11.9 Å². The van der Waals surface area contributed by atoms with Crippen LogP contribution in [0.15, 0.2) is 36.4 Å². The molecule has 5 nitrogen and oxygen atoms in total. The maximum atomic E-state index is 14.4. The highest BCUT2D eigenvalue weighted by molar-refractivity contribution is 7.92. The topological polar surface area (TPSA) is 66.5 Å². The van der Waals surface area contributed by atoms with Gasteiger partial charge < -0.3 is 4.90 Å². The summed E-state index contributed by atoms with van der Waals surface area (Å²) < 4.78 is 39.2. The van der Waals surface area contributed by atoms with Gasteiger partial charge in [-0.05, 0) is 66.5 Å². The lowest BCUT2D eigenvalue weighted by molar-refractivity contribution is -0.120. The average molecular weight is 475 g/mol. The summed E-state index contributed by atoms with van der Waals surface area (Å²) in [4.78, 5) is 15.4. The van der Waals surface area contributed by atoms with Crippen molar-refractivity contribution in [3.63, 3.8) is 0 Å². The molecule has 180 valence electrons. The van der Waals surface area contributed by atoms with E-state index in [2.05, 4.69) is 48.6 Å². The number of hydrogen-bond donors (Lipinski definition) is 1. The number of hydrogen-bond acceptors (Lipinski definition) is 4. The van der Waals surface area contributed by atoms with Crippen molar-refractivity contribution in [1.29, 1.82) is 0 Å². The zero-order valence-electron chi connectivity index (χ0n) is 20.2. The predicted octanol–water partition coefficient (Wildman–Crippen LogP) is 5.44. The third-order valence-corrected chi connectivity index (χ3v) is 7.20. The Balaban J connectivity index is 1.69. The molecule has 1 aliphatic rings. The van der Waals surface area contributed by atoms with Crippen molar-refractivity contribution in [2.75, 3.05) is 29.0 Å². The van der Waals surface area contributed by atoms with E-state index in [4.69, 9.17) is 0 Å². The Labute approximate surface area is 197 Å². The summed E-state index contributed by atoms with van der Waals surface area (Å²) in [6.45, 7) is 10.5. The van der Waals surface area contributed by atoms with Gasteiger partial charge in [0, 0.05) is 31.1 Å². The Kier molecular flexibility index (Phi) is 7.52. The number of anilines is 2. The number of nitrogens with one attached hydrogen (secondary N) is 1. The van der Waals surface area contributed by atoms with Crippen LogP contribution < -0.4 is 9.62 Å². The Hall–Kier alpha value is -2.41. The van der Waals surface area contributed by atoms with Gasteiger partial charge in [-0.1, -0.05) is 39.0 Å². The summed E-state index contributed by atoms with van der Waals surface area (Å²) in [5.74, 6) is -1.13. The van der Waals surface area contributed by atoms with Crippen LogP contribution in [0.2, 0.25) is 0 Å². The Morgan fingerprint density at radius 2 is 1.82 bits per heavy atom. The molecule has 2 aromatic rings. The predicted molar refractivity (Wildman–Crippen MR) is 133 cm³/mol. The van der Waals surface area contributed by atoms with Crippen LogP contribution in [-0.2, 0) is 21.2 Å². The van der Waals surface area contributed by atoms with Gasteiger partial charge in [-0.2, -0.15) is 0 Å². The third-order valence-electron chi connectivity index (χ3n) is 6.61. The number of benzene rings is 2. The number of ketones is 1. The number of Topliss-reactive ketones (excluding diaryl/α,β-unsaturated/α-hetero) is 1. The van der Waals surface area contributed by atoms with Crippen LogP contribution in [0.3, 0.4) is 0 Å². The van der Waals surface area contributed by atoms with E-state index in [1.807, 2.05) is 0 Å². The standard InChI is InChI=1S/C26H35FN2O3S/c1-18-6-7-20(24(16-18)29-14-12-26(3,4)13-15-29)9-11-25(30)19(2)21-8-10-23(22(27)17-21)28-33(5,31)32/h6-8,10,16-17,19,28H,9,11-15H2,1-5H3. The van der Waals surface area contributed by atoms with Gasteiger partial charge in [0.1, 0.15) is 11.6 Å². The lowest BCUT2D eigenvalue weighted by Crippen LogP contribution is -2.37. The smallest absolute Gasteiger partial charge is 0.229 e. The van der Waals surface area contributed by atoms with Gasteiger partial charge in [0.25, 0.3) is 0 Å². The van der Waals surface area contributed by atoms with Gasteiger partial charge in [-0.15, -0.1) is 0 Å². The number of nitrogens with zero attached hydrogens (tertiary/aromatic N) is 1. The maximum Gasteiger partial charge on any atom is 0.229 e. The monoisotopic (exact) mass is 474 g/mol. The van der Waals surface area contributed by atoms with E-state index in [1.165, 1.54) is 28.9 Å². The number of halogens is 1. The molecule has 0 spiro atoms. The fourth-order valence-electron chi connectivity index (χ4n) is 4.28. The van der Waals surface area contributed by atoms with E-state index in [0.29, 0.717) is 23.8 Å². The number of aryl methyl sites for hydroxylation is 2. The fraction of sp³-hybridized carbons (Fsp3) is 0.500. The molecule has 1 aliphatic heterocycles. The molecular formula is C26H35FN2O3S. The lowest BCUT2D eigenvalue weighted by atomic mass is 9.82. The third kappa shape index (κ3) is 6.79. The van der Waals surface area contributed by atoms with Crippen LogP contribution in [0, 0.1) is 18.2 Å². The van der Waals surface area contributed by atoms with Gasteiger partial charge in [0.15, 0.2) is 0 Å². The SMILES string of the molecule is Cc1ccc(CCC(=O)C(C)c2ccc(NS(C)(=O)=O)c(F)c2)c(N2CCC(C)(C)CC2)c1. The molecule has 1 atom stereocenters. The summed E-state index contributed by atoms with van der Waals surface area (Å²) >= 11 is 0. The largest absolute Gasteiger partial charge is 0.371 e. The molecule has 1 fully saturated rings. The number of carbonyl (C=O) groups is 1. The first-order chi connectivity index (χ1) is 15.3. The molecule has 0 aliphatic carbocycles. The van der Waals surface area contributed by atoms with E-state index in [-0.39, 0.29) is 11.5 Å². The second-order valence-corrected chi connectivity index (χ2v) is 11.8. The van der Waals surface area contributed by atoms with Crippen molar-refractivity contribution in [3.8, 4) is 0 Å². The molecule has 2 aromatic carbocycles. The van der Waals surface area contributed by atoms with Crippen LogP contribution in [0.4, 0.5) is 15.8 Å². The number of sulfonamides is 1. The van der Waals surface area contributed by atoms with Gasteiger partial charge in [-0.3, -0.25) is 9.52 Å². The molecule has 1 unspecified atom stereocenters. The molecule has 3 rings (SSSR count). The summed E-state index contributed by atoms with van der Waals surface area (Å²) in [5.41, 5.74) is 4.38. The first kappa shape index (κ1) is 25.2. The molecule has 33 heavy (non-hydrogen) atoms. The second-order valence-electron chi connectivity index (χ2n) is 10.1. The molecule has 0 aromatic heterocycles. The van der Waals surface area contributed by atoms with Crippen molar-refractivity contribution in [2.24, 2.45) is 5.41 Å². The first-order valence-electron chi connectivity index (χ1n) is 11.5.